The summed E-state index contributed by atoms with van der Waals surface area (Å²) in [4.78, 5) is 26.1. The number of nitrogens with zero attached hydrogens (tertiary/aromatic N) is 5. The van der Waals surface area contributed by atoms with Gasteiger partial charge in [-0.15, -0.1) is 0 Å². The maximum absolute atomic E-state index is 12.1. The highest BCUT2D eigenvalue weighted by atomic mass is 16.1. The second-order valence-corrected chi connectivity index (χ2v) is 6.23. The fourth-order valence-corrected chi connectivity index (χ4v) is 3.44. The molecule has 3 heterocycles. The van der Waals surface area contributed by atoms with Crippen LogP contribution < -0.4 is 5.56 Å². The molecule has 4 rings (SSSR count). The summed E-state index contributed by atoms with van der Waals surface area (Å²) >= 11 is 0. The number of hydrogen-bond acceptors (Lipinski definition) is 5. The number of benzene rings is 1. The Morgan fingerprint density at radius 1 is 1.29 bits per heavy atom. The van der Waals surface area contributed by atoms with Gasteiger partial charge >= 0.3 is 0 Å². The maximum Gasteiger partial charge on any atom is 0.258 e. The molecular formula is C17H20N6O. The lowest BCUT2D eigenvalue weighted by Crippen LogP contribution is -2.35. The first-order valence-corrected chi connectivity index (χ1v) is 8.34. The van der Waals surface area contributed by atoms with Crippen molar-refractivity contribution in [3.8, 4) is 0 Å². The average Bonchev–Trinajstić information content (AvgIpc) is 3.25. The zero-order valence-corrected chi connectivity index (χ0v) is 13.4. The highest BCUT2D eigenvalue weighted by Crippen LogP contribution is 2.18. The molecule has 2 aromatic heterocycles. The monoisotopic (exact) mass is 324 g/mol. The smallest absolute Gasteiger partial charge is 0.258 e. The van der Waals surface area contributed by atoms with Crippen molar-refractivity contribution in [3.05, 3.63) is 53.1 Å². The number of fused-ring (bicyclic) bond motifs is 1. The number of para-hydroxylation sites is 1. The van der Waals surface area contributed by atoms with Gasteiger partial charge in [-0.25, -0.2) is 9.97 Å². The van der Waals surface area contributed by atoms with E-state index in [4.69, 9.17) is 0 Å². The van der Waals surface area contributed by atoms with E-state index in [1.54, 1.807) is 18.7 Å². The summed E-state index contributed by atoms with van der Waals surface area (Å²) in [5, 5.41) is 4.84. The molecule has 7 heteroatoms. The lowest BCUT2D eigenvalue weighted by atomic mass is 10.2. The third kappa shape index (κ3) is 3.07. The van der Waals surface area contributed by atoms with Crippen LogP contribution in [0.4, 0.5) is 0 Å². The van der Waals surface area contributed by atoms with Gasteiger partial charge in [-0.05, 0) is 31.5 Å². The van der Waals surface area contributed by atoms with Gasteiger partial charge in [0.1, 0.15) is 18.5 Å². The number of aromatic amines is 1. The zero-order chi connectivity index (χ0) is 16.4. The molecule has 124 valence electrons. The van der Waals surface area contributed by atoms with E-state index < -0.39 is 0 Å². The highest BCUT2D eigenvalue weighted by molar-refractivity contribution is 5.77. The van der Waals surface area contributed by atoms with Gasteiger partial charge in [-0.2, -0.15) is 5.10 Å². The Balaban J connectivity index is 1.45. The van der Waals surface area contributed by atoms with Gasteiger partial charge in [0, 0.05) is 19.0 Å². The van der Waals surface area contributed by atoms with Crippen LogP contribution in [0.3, 0.4) is 0 Å². The van der Waals surface area contributed by atoms with E-state index in [0.717, 1.165) is 37.4 Å². The van der Waals surface area contributed by atoms with E-state index in [1.165, 1.54) is 12.8 Å². The molecule has 1 fully saturated rings. The number of likely N-dealkylation sites (tertiary alicyclic amines) is 1. The lowest BCUT2D eigenvalue weighted by Gasteiger charge is -2.23. The molecule has 0 aliphatic carbocycles. The number of nitrogens with one attached hydrogen (secondary N) is 1. The summed E-state index contributed by atoms with van der Waals surface area (Å²) in [6.07, 6.45) is 6.44. The first kappa shape index (κ1) is 15.0. The first-order valence-electron chi connectivity index (χ1n) is 8.34. The van der Waals surface area contributed by atoms with Crippen LogP contribution in [0.1, 0.15) is 18.7 Å². The lowest BCUT2D eigenvalue weighted by molar-refractivity contribution is 0.228. The SMILES string of the molecule is O=c1[nH]c(CCN2CCC[C@H]2Cn2cncn2)nc2ccccc12. The summed E-state index contributed by atoms with van der Waals surface area (Å²) < 4.78 is 1.89. The van der Waals surface area contributed by atoms with Crippen molar-refractivity contribution in [1.29, 1.82) is 0 Å². The summed E-state index contributed by atoms with van der Waals surface area (Å²) in [6.45, 7) is 2.83. The van der Waals surface area contributed by atoms with Crippen LogP contribution in [-0.4, -0.2) is 48.8 Å². The molecule has 1 N–H and O–H groups in total. The predicted molar refractivity (Wildman–Crippen MR) is 90.7 cm³/mol. The van der Waals surface area contributed by atoms with Crippen molar-refractivity contribution in [2.45, 2.75) is 31.8 Å². The van der Waals surface area contributed by atoms with Gasteiger partial charge in [0.15, 0.2) is 0 Å². The van der Waals surface area contributed by atoms with Gasteiger partial charge in [-0.3, -0.25) is 14.4 Å². The minimum atomic E-state index is -0.0591. The number of hydrogen-bond donors (Lipinski definition) is 1. The Morgan fingerprint density at radius 3 is 3.08 bits per heavy atom. The number of H-pyrrole nitrogens is 1. The molecule has 0 bridgehead atoms. The number of rotatable bonds is 5. The van der Waals surface area contributed by atoms with Crippen molar-refractivity contribution in [3.63, 3.8) is 0 Å². The van der Waals surface area contributed by atoms with Gasteiger partial charge in [0.05, 0.1) is 17.4 Å². The molecule has 1 aromatic carbocycles. The molecule has 0 radical (unpaired) electrons. The molecule has 1 atom stereocenters. The molecule has 3 aromatic rings. The fraction of sp³-hybridized carbons (Fsp3) is 0.412. The van der Waals surface area contributed by atoms with Crippen molar-refractivity contribution in [2.24, 2.45) is 0 Å². The van der Waals surface area contributed by atoms with E-state index in [0.29, 0.717) is 11.4 Å². The van der Waals surface area contributed by atoms with Crippen molar-refractivity contribution < 1.29 is 0 Å². The largest absolute Gasteiger partial charge is 0.310 e. The third-order valence-electron chi connectivity index (χ3n) is 4.66. The Morgan fingerprint density at radius 2 is 2.21 bits per heavy atom. The van der Waals surface area contributed by atoms with Gasteiger partial charge in [0.25, 0.3) is 5.56 Å². The molecule has 1 saturated heterocycles. The van der Waals surface area contributed by atoms with Crippen LogP contribution >= 0.6 is 0 Å². The van der Waals surface area contributed by atoms with Crippen LogP contribution in [0.5, 0.6) is 0 Å². The van der Waals surface area contributed by atoms with Crippen LogP contribution in [-0.2, 0) is 13.0 Å². The molecule has 1 aliphatic rings. The predicted octanol–water partition coefficient (Wildman–Crippen LogP) is 1.22. The maximum atomic E-state index is 12.1. The van der Waals surface area contributed by atoms with E-state index in [9.17, 15) is 4.79 Å². The Kier molecular flexibility index (Phi) is 4.08. The highest BCUT2D eigenvalue weighted by Gasteiger charge is 2.24. The zero-order valence-electron chi connectivity index (χ0n) is 13.4. The Hall–Kier alpha value is -2.54. The molecule has 0 unspecified atom stereocenters. The van der Waals surface area contributed by atoms with E-state index >= 15 is 0 Å². The van der Waals surface area contributed by atoms with Gasteiger partial charge in [0.2, 0.25) is 0 Å². The summed E-state index contributed by atoms with van der Waals surface area (Å²) in [5.41, 5.74) is 0.702. The third-order valence-corrected chi connectivity index (χ3v) is 4.66. The first-order chi connectivity index (χ1) is 11.8. The summed E-state index contributed by atoms with van der Waals surface area (Å²) in [7, 11) is 0. The van der Waals surface area contributed by atoms with Crippen LogP contribution in [0.25, 0.3) is 10.9 Å². The van der Waals surface area contributed by atoms with Crippen LogP contribution in [0.15, 0.2) is 41.7 Å². The molecule has 0 amide bonds. The van der Waals surface area contributed by atoms with E-state index in [2.05, 4.69) is 25.0 Å². The molecule has 24 heavy (non-hydrogen) atoms. The number of aromatic nitrogens is 5. The van der Waals surface area contributed by atoms with Crippen LogP contribution in [0, 0.1) is 0 Å². The summed E-state index contributed by atoms with van der Waals surface area (Å²) in [6, 6.07) is 7.93. The fourth-order valence-electron chi connectivity index (χ4n) is 3.44. The second kappa shape index (κ2) is 6.52. The van der Waals surface area contributed by atoms with E-state index in [-0.39, 0.29) is 5.56 Å². The average molecular weight is 324 g/mol. The van der Waals surface area contributed by atoms with E-state index in [1.807, 2.05) is 22.9 Å². The molecular weight excluding hydrogens is 304 g/mol. The van der Waals surface area contributed by atoms with Crippen molar-refractivity contribution in [2.75, 3.05) is 13.1 Å². The minimum absolute atomic E-state index is 0.0591. The quantitative estimate of drug-likeness (QED) is 0.763. The van der Waals surface area contributed by atoms with Crippen LogP contribution in [0.2, 0.25) is 0 Å². The normalized spacial score (nSPS) is 18.4. The topological polar surface area (TPSA) is 79.7 Å². The molecule has 0 saturated carbocycles. The molecule has 1 aliphatic heterocycles. The minimum Gasteiger partial charge on any atom is -0.310 e. The summed E-state index contributed by atoms with van der Waals surface area (Å²) in [5.74, 6) is 0.755. The van der Waals surface area contributed by atoms with Crippen molar-refractivity contribution in [1.82, 2.24) is 29.6 Å². The molecule has 7 nitrogen and oxygen atoms in total. The standard InChI is InChI=1S/C17H20N6O/c24-17-14-5-1-2-6-15(14)20-16(21-17)7-9-22-8-3-4-13(22)10-23-12-18-11-19-23/h1-2,5-6,11-13H,3-4,7-10H2,(H,20,21,24)/t13-/m0/s1. The molecule has 0 spiro atoms. The Labute approximate surface area is 139 Å². The van der Waals surface area contributed by atoms with Gasteiger partial charge in [-0.1, -0.05) is 12.1 Å². The Bertz CT molecular complexity index is 872. The van der Waals surface area contributed by atoms with Crippen molar-refractivity contribution >= 4 is 10.9 Å². The second-order valence-electron chi connectivity index (χ2n) is 6.23. The van der Waals surface area contributed by atoms with Gasteiger partial charge < -0.3 is 4.98 Å².